The number of ether oxygens (including phenoxy) is 1. The Bertz CT molecular complexity index is 959. The van der Waals surface area contributed by atoms with E-state index >= 15 is 0 Å². The van der Waals surface area contributed by atoms with E-state index in [-0.39, 0.29) is 17.7 Å². The van der Waals surface area contributed by atoms with Gasteiger partial charge in [-0.3, -0.25) is 9.69 Å². The molecule has 29 heavy (non-hydrogen) atoms. The van der Waals surface area contributed by atoms with Gasteiger partial charge < -0.3 is 10.1 Å². The number of nitrogens with zero attached hydrogens (tertiary/aromatic N) is 1. The third-order valence-electron chi connectivity index (χ3n) is 4.82. The van der Waals surface area contributed by atoms with Gasteiger partial charge in [-0.15, -0.1) is 0 Å². The number of amides is 1. The lowest BCUT2D eigenvalue weighted by molar-refractivity contribution is 0.0162. The van der Waals surface area contributed by atoms with Gasteiger partial charge in [-0.1, -0.05) is 41.9 Å². The van der Waals surface area contributed by atoms with E-state index in [1.807, 2.05) is 24.3 Å². The van der Waals surface area contributed by atoms with Crippen LogP contribution in [0.15, 0.2) is 48.5 Å². The molecule has 1 saturated heterocycles. The van der Waals surface area contributed by atoms with Crippen LogP contribution >= 0.6 is 11.6 Å². The molecule has 0 radical (unpaired) electrons. The van der Waals surface area contributed by atoms with Crippen LogP contribution in [0.25, 0.3) is 0 Å². The fraction of sp³-hybridized carbons (Fsp3) is 0.381. The first-order chi connectivity index (χ1) is 13.8. The van der Waals surface area contributed by atoms with Gasteiger partial charge in [0, 0.05) is 36.5 Å². The average molecular weight is 437 g/mol. The molecular weight excluding hydrogens is 412 g/mol. The zero-order valence-electron chi connectivity index (χ0n) is 16.3. The normalized spacial score (nSPS) is 16.3. The molecule has 1 fully saturated rings. The lowest BCUT2D eigenvalue weighted by Gasteiger charge is -2.35. The molecule has 0 aromatic heterocycles. The number of benzene rings is 2. The molecule has 0 saturated carbocycles. The van der Waals surface area contributed by atoms with Crippen LogP contribution in [-0.4, -0.2) is 58.3 Å². The summed E-state index contributed by atoms with van der Waals surface area (Å²) < 4.78 is 28.5. The quantitative estimate of drug-likeness (QED) is 0.722. The summed E-state index contributed by atoms with van der Waals surface area (Å²) in [5, 5.41) is 3.64. The van der Waals surface area contributed by atoms with E-state index in [2.05, 4.69) is 10.2 Å². The van der Waals surface area contributed by atoms with Crippen LogP contribution in [0.3, 0.4) is 0 Å². The van der Waals surface area contributed by atoms with Gasteiger partial charge in [0.1, 0.15) is 0 Å². The van der Waals surface area contributed by atoms with Crippen molar-refractivity contribution in [2.75, 3.05) is 39.1 Å². The topological polar surface area (TPSA) is 75.7 Å². The van der Waals surface area contributed by atoms with Crippen molar-refractivity contribution in [2.24, 2.45) is 0 Å². The maximum Gasteiger partial charge on any atom is 0.251 e. The number of nitrogens with one attached hydrogen (secondary N) is 1. The number of halogens is 1. The SMILES string of the molecule is CS(=O)(=O)Cc1cccc(C(=O)NCC(c2ccccc2Cl)N2CCOCC2)c1. The van der Waals surface area contributed by atoms with Gasteiger partial charge in [-0.25, -0.2) is 8.42 Å². The smallest absolute Gasteiger partial charge is 0.251 e. The van der Waals surface area contributed by atoms with E-state index < -0.39 is 9.84 Å². The third kappa shape index (κ3) is 6.27. The molecule has 8 heteroatoms. The largest absolute Gasteiger partial charge is 0.379 e. The van der Waals surface area contributed by atoms with Gasteiger partial charge in [0.15, 0.2) is 9.84 Å². The number of hydrogen-bond acceptors (Lipinski definition) is 5. The summed E-state index contributed by atoms with van der Waals surface area (Å²) in [5.74, 6) is -0.338. The molecule has 3 rings (SSSR count). The van der Waals surface area contributed by atoms with Gasteiger partial charge in [0.25, 0.3) is 5.91 Å². The maximum atomic E-state index is 12.7. The molecule has 1 unspecified atom stereocenters. The number of sulfone groups is 1. The van der Waals surface area contributed by atoms with Gasteiger partial charge in [0.05, 0.1) is 25.0 Å². The van der Waals surface area contributed by atoms with E-state index in [1.165, 1.54) is 6.26 Å². The van der Waals surface area contributed by atoms with Crippen LogP contribution in [0.5, 0.6) is 0 Å². The Labute approximate surface area is 176 Å². The van der Waals surface area contributed by atoms with E-state index in [4.69, 9.17) is 16.3 Å². The Hall–Kier alpha value is -1.93. The van der Waals surface area contributed by atoms with Crippen molar-refractivity contribution in [1.29, 1.82) is 0 Å². The Morgan fingerprint density at radius 2 is 1.90 bits per heavy atom. The molecule has 1 N–H and O–H groups in total. The van der Waals surface area contributed by atoms with Gasteiger partial charge in [0.2, 0.25) is 0 Å². The standard InChI is InChI=1S/C21H25ClN2O4S/c1-29(26,27)15-16-5-4-6-17(13-16)21(25)23-14-20(24-9-11-28-12-10-24)18-7-2-3-8-19(18)22/h2-8,13,20H,9-12,14-15H2,1H3,(H,23,25). The van der Waals surface area contributed by atoms with Gasteiger partial charge >= 0.3 is 0 Å². The van der Waals surface area contributed by atoms with Crippen LogP contribution in [0.2, 0.25) is 5.02 Å². The van der Waals surface area contributed by atoms with Gasteiger partial charge in [-0.05, 0) is 29.3 Å². The molecule has 6 nitrogen and oxygen atoms in total. The molecular formula is C21H25ClN2O4S. The number of carbonyl (C=O) groups excluding carboxylic acids is 1. The first kappa shape index (κ1) is 21.8. The summed E-state index contributed by atoms with van der Waals surface area (Å²) in [6.45, 7) is 3.19. The number of rotatable bonds is 7. The molecule has 1 atom stereocenters. The number of carbonyl (C=O) groups is 1. The average Bonchev–Trinajstić information content (AvgIpc) is 2.69. The second-order valence-corrected chi connectivity index (χ2v) is 9.71. The fourth-order valence-corrected chi connectivity index (χ4v) is 4.51. The molecule has 156 valence electrons. The maximum absolute atomic E-state index is 12.7. The summed E-state index contributed by atoms with van der Waals surface area (Å²) in [6.07, 6.45) is 1.18. The zero-order chi connectivity index (χ0) is 20.9. The van der Waals surface area contributed by atoms with E-state index in [0.29, 0.717) is 35.9 Å². The predicted octanol–water partition coefficient (Wildman–Crippen LogP) is 2.69. The summed E-state index contributed by atoms with van der Waals surface area (Å²) in [6, 6.07) is 14.3. The predicted molar refractivity (Wildman–Crippen MR) is 114 cm³/mol. The number of morpholine rings is 1. The molecule has 0 bridgehead atoms. The minimum Gasteiger partial charge on any atom is -0.379 e. The minimum atomic E-state index is -3.17. The molecule has 0 spiro atoms. The molecule has 0 aliphatic carbocycles. The highest BCUT2D eigenvalue weighted by molar-refractivity contribution is 7.89. The Kier molecular flexibility index (Phi) is 7.29. The first-order valence-electron chi connectivity index (χ1n) is 9.44. The monoisotopic (exact) mass is 436 g/mol. The summed E-state index contributed by atoms with van der Waals surface area (Å²) in [4.78, 5) is 15.0. The molecule has 1 amide bonds. The molecule has 1 aliphatic heterocycles. The zero-order valence-corrected chi connectivity index (χ0v) is 17.9. The second-order valence-electron chi connectivity index (χ2n) is 7.17. The van der Waals surface area contributed by atoms with E-state index in [1.54, 1.807) is 24.3 Å². The molecule has 1 heterocycles. The second kappa shape index (κ2) is 9.71. The highest BCUT2D eigenvalue weighted by atomic mass is 35.5. The van der Waals surface area contributed by atoms with Crippen LogP contribution in [0.1, 0.15) is 27.5 Å². The molecule has 2 aromatic carbocycles. The van der Waals surface area contributed by atoms with Gasteiger partial charge in [-0.2, -0.15) is 0 Å². The summed E-state index contributed by atoms with van der Waals surface area (Å²) in [5.41, 5.74) is 1.99. The lowest BCUT2D eigenvalue weighted by atomic mass is 10.0. The van der Waals surface area contributed by atoms with Crippen LogP contribution in [0, 0.1) is 0 Å². The van der Waals surface area contributed by atoms with Crippen molar-refractivity contribution in [1.82, 2.24) is 10.2 Å². The molecule has 2 aromatic rings. The first-order valence-corrected chi connectivity index (χ1v) is 11.9. The van der Waals surface area contributed by atoms with E-state index in [9.17, 15) is 13.2 Å². The van der Waals surface area contributed by atoms with Crippen molar-refractivity contribution in [3.8, 4) is 0 Å². The van der Waals surface area contributed by atoms with E-state index in [0.717, 1.165) is 18.7 Å². The van der Waals surface area contributed by atoms with Crippen molar-refractivity contribution in [2.45, 2.75) is 11.8 Å². The summed E-state index contributed by atoms with van der Waals surface area (Å²) >= 11 is 6.43. The highest BCUT2D eigenvalue weighted by Crippen LogP contribution is 2.27. The third-order valence-corrected chi connectivity index (χ3v) is 6.03. The Morgan fingerprint density at radius 3 is 2.59 bits per heavy atom. The van der Waals surface area contributed by atoms with Crippen molar-refractivity contribution >= 4 is 27.3 Å². The van der Waals surface area contributed by atoms with Crippen LogP contribution in [0.4, 0.5) is 0 Å². The summed E-state index contributed by atoms with van der Waals surface area (Å²) in [7, 11) is -3.17. The van der Waals surface area contributed by atoms with Crippen molar-refractivity contribution in [3.63, 3.8) is 0 Å². The number of hydrogen-bond donors (Lipinski definition) is 1. The van der Waals surface area contributed by atoms with Crippen LogP contribution in [-0.2, 0) is 20.3 Å². The highest BCUT2D eigenvalue weighted by Gasteiger charge is 2.25. The fourth-order valence-electron chi connectivity index (χ4n) is 3.47. The van der Waals surface area contributed by atoms with Crippen molar-refractivity contribution in [3.05, 3.63) is 70.2 Å². The lowest BCUT2D eigenvalue weighted by Crippen LogP contribution is -2.44. The molecule has 1 aliphatic rings. The van der Waals surface area contributed by atoms with Crippen LogP contribution < -0.4 is 5.32 Å². The Balaban J connectivity index is 1.74. The Morgan fingerprint density at radius 1 is 1.17 bits per heavy atom. The van der Waals surface area contributed by atoms with Crippen molar-refractivity contribution < 1.29 is 17.9 Å². The minimum absolute atomic E-state index is 0.0734.